The number of hydrogen-bond acceptors (Lipinski definition) is 4. The average molecular weight is 281 g/mol. The molecule has 2 aromatic heterocycles. The molecule has 0 radical (unpaired) electrons. The minimum absolute atomic E-state index is 0.0453. The Hall–Kier alpha value is -2.43. The first-order valence-corrected chi connectivity index (χ1v) is 7.02. The lowest BCUT2D eigenvalue weighted by Crippen LogP contribution is -2.22. The smallest absolute Gasteiger partial charge is 0.102 e. The number of nitrogens with one attached hydrogen (secondary N) is 1. The van der Waals surface area contributed by atoms with Gasteiger partial charge in [-0.1, -0.05) is 17.3 Å². The van der Waals surface area contributed by atoms with Gasteiger partial charge in [-0.3, -0.25) is 4.98 Å². The fourth-order valence-electron chi connectivity index (χ4n) is 2.17. The van der Waals surface area contributed by atoms with Crippen LogP contribution in [0.4, 0.5) is 5.69 Å². The van der Waals surface area contributed by atoms with Crippen LogP contribution in [0.1, 0.15) is 26.5 Å². The SMILES string of the molecule is CC(C)(C)n1cc(CNc2cccc3cnccc23)nn1. The highest BCUT2D eigenvalue weighted by atomic mass is 15.4. The van der Waals surface area contributed by atoms with Crippen molar-refractivity contribution in [3.05, 3.63) is 48.5 Å². The topological polar surface area (TPSA) is 55.6 Å². The van der Waals surface area contributed by atoms with E-state index in [4.69, 9.17) is 0 Å². The Morgan fingerprint density at radius 2 is 2.05 bits per heavy atom. The third-order valence-corrected chi connectivity index (χ3v) is 3.37. The molecule has 1 N–H and O–H groups in total. The summed E-state index contributed by atoms with van der Waals surface area (Å²) >= 11 is 0. The summed E-state index contributed by atoms with van der Waals surface area (Å²) in [6.07, 6.45) is 5.67. The molecular weight excluding hydrogens is 262 g/mol. The average Bonchev–Trinajstić information content (AvgIpc) is 2.94. The van der Waals surface area contributed by atoms with Gasteiger partial charge in [0, 0.05) is 28.9 Å². The van der Waals surface area contributed by atoms with Crippen LogP contribution in [0, 0.1) is 0 Å². The number of anilines is 1. The van der Waals surface area contributed by atoms with E-state index in [9.17, 15) is 0 Å². The molecule has 0 aliphatic heterocycles. The van der Waals surface area contributed by atoms with Gasteiger partial charge in [0.2, 0.25) is 0 Å². The molecule has 0 aliphatic rings. The Kier molecular flexibility index (Phi) is 3.33. The van der Waals surface area contributed by atoms with Crippen molar-refractivity contribution in [2.75, 3.05) is 5.32 Å². The number of rotatable bonds is 3. The number of nitrogens with zero attached hydrogens (tertiary/aromatic N) is 4. The van der Waals surface area contributed by atoms with E-state index in [1.54, 1.807) is 0 Å². The van der Waals surface area contributed by atoms with E-state index in [1.165, 1.54) is 0 Å². The molecule has 5 nitrogen and oxygen atoms in total. The van der Waals surface area contributed by atoms with Crippen molar-refractivity contribution in [1.82, 2.24) is 20.0 Å². The number of pyridine rings is 1. The lowest BCUT2D eigenvalue weighted by Gasteiger charge is -2.17. The zero-order valence-corrected chi connectivity index (χ0v) is 12.5. The normalized spacial score (nSPS) is 11.8. The maximum atomic E-state index is 4.22. The molecule has 108 valence electrons. The molecule has 2 heterocycles. The minimum atomic E-state index is -0.0453. The minimum Gasteiger partial charge on any atom is -0.379 e. The van der Waals surface area contributed by atoms with Gasteiger partial charge >= 0.3 is 0 Å². The van der Waals surface area contributed by atoms with Crippen molar-refractivity contribution in [2.45, 2.75) is 32.9 Å². The summed E-state index contributed by atoms with van der Waals surface area (Å²) in [5, 5.41) is 14.1. The highest BCUT2D eigenvalue weighted by Crippen LogP contribution is 2.22. The highest BCUT2D eigenvalue weighted by molar-refractivity contribution is 5.93. The summed E-state index contributed by atoms with van der Waals surface area (Å²) in [5.74, 6) is 0. The Labute approximate surface area is 124 Å². The zero-order valence-electron chi connectivity index (χ0n) is 12.5. The zero-order chi connectivity index (χ0) is 14.9. The van der Waals surface area contributed by atoms with Gasteiger partial charge in [-0.15, -0.1) is 5.10 Å². The van der Waals surface area contributed by atoms with Crippen molar-refractivity contribution < 1.29 is 0 Å². The summed E-state index contributed by atoms with van der Waals surface area (Å²) in [5.41, 5.74) is 1.97. The Bertz CT molecular complexity index is 749. The first kappa shape index (κ1) is 13.5. The number of benzene rings is 1. The van der Waals surface area contributed by atoms with Gasteiger partial charge < -0.3 is 5.32 Å². The summed E-state index contributed by atoms with van der Waals surface area (Å²) in [7, 11) is 0. The quantitative estimate of drug-likeness (QED) is 0.801. The van der Waals surface area contributed by atoms with Crippen LogP contribution in [0.15, 0.2) is 42.9 Å². The first-order valence-electron chi connectivity index (χ1n) is 7.02. The molecule has 1 aromatic carbocycles. The van der Waals surface area contributed by atoms with Crippen LogP contribution < -0.4 is 5.32 Å². The number of hydrogen-bond donors (Lipinski definition) is 1. The fourth-order valence-corrected chi connectivity index (χ4v) is 2.17. The fraction of sp³-hybridized carbons (Fsp3) is 0.312. The van der Waals surface area contributed by atoms with Gasteiger partial charge in [0.1, 0.15) is 5.69 Å². The predicted molar refractivity (Wildman–Crippen MR) is 84.1 cm³/mol. The molecule has 3 aromatic rings. The van der Waals surface area contributed by atoms with E-state index >= 15 is 0 Å². The molecule has 0 aliphatic carbocycles. The van der Waals surface area contributed by atoms with E-state index < -0.39 is 0 Å². The molecule has 3 rings (SSSR count). The Balaban J connectivity index is 1.79. The van der Waals surface area contributed by atoms with Gasteiger partial charge in [0.05, 0.1) is 18.3 Å². The predicted octanol–water partition coefficient (Wildman–Crippen LogP) is 3.19. The maximum Gasteiger partial charge on any atom is 0.102 e. The van der Waals surface area contributed by atoms with Crippen molar-refractivity contribution in [3.63, 3.8) is 0 Å². The number of aromatic nitrogens is 4. The monoisotopic (exact) mass is 281 g/mol. The van der Waals surface area contributed by atoms with Crippen LogP contribution in [-0.4, -0.2) is 20.0 Å². The molecule has 0 atom stereocenters. The summed E-state index contributed by atoms with van der Waals surface area (Å²) in [4.78, 5) is 4.15. The van der Waals surface area contributed by atoms with Crippen molar-refractivity contribution >= 4 is 16.5 Å². The Morgan fingerprint density at radius 3 is 2.81 bits per heavy atom. The van der Waals surface area contributed by atoms with Crippen LogP contribution >= 0.6 is 0 Å². The molecule has 5 heteroatoms. The maximum absolute atomic E-state index is 4.22. The molecule has 0 unspecified atom stereocenters. The lowest BCUT2D eigenvalue weighted by molar-refractivity contribution is 0.347. The standard InChI is InChI=1S/C16H19N5/c1-16(2,3)21-11-13(19-20-21)10-18-15-6-4-5-12-9-17-8-7-14(12)15/h4-9,11,18H,10H2,1-3H3. The first-order chi connectivity index (χ1) is 10.0. The summed E-state index contributed by atoms with van der Waals surface area (Å²) in [6, 6.07) is 8.17. The third-order valence-electron chi connectivity index (χ3n) is 3.37. The van der Waals surface area contributed by atoms with Crippen LogP contribution in [0.25, 0.3) is 10.8 Å². The van der Waals surface area contributed by atoms with Crippen LogP contribution in [0.5, 0.6) is 0 Å². The number of fused-ring (bicyclic) bond motifs is 1. The van der Waals surface area contributed by atoms with Gasteiger partial charge in [-0.05, 0) is 32.9 Å². The third kappa shape index (κ3) is 2.86. The van der Waals surface area contributed by atoms with Gasteiger partial charge in [0.15, 0.2) is 0 Å². The largest absolute Gasteiger partial charge is 0.379 e. The van der Waals surface area contributed by atoms with Crippen LogP contribution in [0.3, 0.4) is 0 Å². The van der Waals surface area contributed by atoms with Crippen LogP contribution in [-0.2, 0) is 12.1 Å². The molecule has 0 amide bonds. The van der Waals surface area contributed by atoms with E-state index in [-0.39, 0.29) is 5.54 Å². The van der Waals surface area contributed by atoms with Crippen LogP contribution in [0.2, 0.25) is 0 Å². The van der Waals surface area contributed by atoms with Gasteiger partial charge in [0.25, 0.3) is 0 Å². The molecule has 0 saturated heterocycles. The van der Waals surface area contributed by atoms with E-state index in [2.05, 4.69) is 53.5 Å². The second kappa shape index (κ2) is 5.16. The Morgan fingerprint density at radius 1 is 1.19 bits per heavy atom. The lowest BCUT2D eigenvalue weighted by atomic mass is 10.1. The van der Waals surface area contributed by atoms with Gasteiger partial charge in [-0.2, -0.15) is 0 Å². The summed E-state index contributed by atoms with van der Waals surface area (Å²) < 4.78 is 1.89. The van der Waals surface area contributed by atoms with E-state index in [0.29, 0.717) is 6.54 Å². The van der Waals surface area contributed by atoms with Crippen molar-refractivity contribution in [2.24, 2.45) is 0 Å². The van der Waals surface area contributed by atoms with E-state index in [0.717, 1.165) is 22.2 Å². The molecule has 0 spiro atoms. The van der Waals surface area contributed by atoms with Gasteiger partial charge in [-0.25, -0.2) is 4.68 Å². The second-order valence-electron chi connectivity index (χ2n) is 6.08. The second-order valence-corrected chi connectivity index (χ2v) is 6.08. The molecule has 21 heavy (non-hydrogen) atoms. The molecule has 0 fully saturated rings. The van der Waals surface area contributed by atoms with Crippen molar-refractivity contribution in [3.8, 4) is 0 Å². The van der Waals surface area contributed by atoms with E-state index in [1.807, 2.05) is 35.4 Å². The van der Waals surface area contributed by atoms with Crippen molar-refractivity contribution in [1.29, 1.82) is 0 Å². The molecule has 0 saturated carbocycles. The molecule has 0 bridgehead atoms. The summed E-state index contributed by atoms with van der Waals surface area (Å²) in [6.45, 7) is 6.97. The highest BCUT2D eigenvalue weighted by Gasteiger charge is 2.14. The molecular formula is C16H19N5.